The van der Waals surface area contributed by atoms with E-state index in [-0.39, 0.29) is 60.9 Å². The van der Waals surface area contributed by atoms with E-state index in [0.717, 1.165) is 6.07 Å². The van der Waals surface area contributed by atoms with Crippen LogP contribution in [0.2, 0.25) is 0 Å². The molecular weight excluding hydrogens is 595 g/mol. The predicted octanol–water partition coefficient (Wildman–Crippen LogP) is 5.18. The summed E-state index contributed by atoms with van der Waals surface area (Å²) in [4.78, 5) is 15.9. The molecule has 1 atom stereocenters. The van der Waals surface area contributed by atoms with E-state index < -0.39 is 43.7 Å². The first kappa shape index (κ1) is 31.6. The predicted molar refractivity (Wildman–Crippen MR) is 149 cm³/mol. The zero-order valence-electron chi connectivity index (χ0n) is 23.6. The first-order chi connectivity index (χ1) is 20.3. The Morgan fingerprint density at radius 3 is 2.28 bits per heavy atom. The van der Waals surface area contributed by atoms with Crippen molar-refractivity contribution in [2.24, 2.45) is 5.92 Å². The highest BCUT2D eigenvalue weighted by Crippen LogP contribution is 2.47. The maximum atomic E-state index is 15.0. The standard InChI is InChI=1S/C30H35F5N2O5S/c31-26-15-21(4-6-25(26)28(39)37-12-1-3-22(38)17-37)24-7-5-23(16-27(24)32)42-18-20-8-13-36(14-9-20)19-29(10-2-11-29)43(40,41)30(33,34)35/h4-7,15-16,20,22,38H,1-3,8-14,17-19H2. The van der Waals surface area contributed by atoms with Crippen molar-refractivity contribution in [3.8, 4) is 16.9 Å². The quantitative estimate of drug-likeness (QED) is 0.405. The maximum Gasteiger partial charge on any atom is 0.497 e. The normalized spacial score (nSPS) is 21.8. The number of rotatable bonds is 8. The maximum absolute atomic E-state index is 15.0. The summed E-state index contributed by atoms with van der Waals surface area (Å²) in [6, 6.07) is 8.10. The number of piperidine rings is 2. The van der Waals surface area contributed by atoms with Crippen LogP contribution < -0.4 is 4.74 Å². The van der Waals surface area contributed by atoms with Gasteiger partial charge in [-0.05, 0) is 87.4 Å². The number of hydrogen-bond donors (Lipinski definition) is 1. The van der Waals surface area contributed by atoms with E-state index in [9.17, 15) is 35.9 Å². The molecule has 3 fully saturated rings. The third kappa shape index (κ3) is 6.53. The molecule has 3 aliphatic rings. The number of aliphatic hydroxyl groups excluding tert-OH is 1. The second-order valence-corrected chi connectivity index (χ2v) is 14.2. The van der Waals surface area contributed by atoms with Crippen LogP contribution in [0.1, 0.15) is 55.3 Å². The highest BCUT2D eigenvalue weighted by atomic mass is 32.2. The fraction of sp³-hybridized carbons (Fsp3) is 0.567. The summed E-state index contributed by atoms with van der Waals surface area (Å²) in [6.45, 7) is 1.58. The van der Waals surface area contributed by atoms with Crippen molar-refractivity contribution in [2.45, 2.75) is 61.3 Å². The Hall–Kier alpha value is -2.77. The van der Waals surface area contributed by atoms with Gasteiger partial charge >= 0.3 is 5.51 Å². The molecule has 7 nitrogen and oxygen atoms in total. The number of alkyl halides is 3. The highest BCUT2D eigenvalue weighted by Gasteiger charge is 2.62. The molecule has 1 saturated carbocycles. The number of sulfone groups is 1. The third-order valence-electron chi connectivity index (χ3n) is 8.98. The number of aliphatic hydroxyl groups is 1. The Balaban J connectivity index is 1.14. The van der Waals surface area contributed by atoms with Crippen molar-refractivity contribution in [2.75, 3.05) is 39.3 Å². The largest absolute Gasteiger partial charge is 0.497 e. The Bertz CT molecular complexity index is 1440. The topological polar surface area (TPSA) is 87.2 Å². The lowest BCUT2D eigenvalue weighted by Gasteiger charge is -2.45. The average molecular weight is 631 g/mol. The van der Waals surface area contributed by atoms with E-state index in [2.05, 4.69) is 0 Å². The molecule has 1 N–H and O–H groups in total. The molecule has 0 radical (unpaired) electrons. The minimum atomic E-state index is -5.26. The van der Waals surface area contributed by atoms with E-state index in [1.807, 2.05) is 0 Å². The Morgan fingerprint density at radius 2 is 1.70 bits per heavy atom. The summed E-state index contributed by atoms with van der Waals surface area (Å²) in [6.07, 6.45) is 2.26. The van der Waals surface area contributed by atoms with Gasteiger partial charge in [0.05, 0.1) is 23.0 Å². The first-order valence-corrected chi connectivity index (χ1v) is 16.0. The minimum Gasteiger partial charge on any atom is -0.493 e. The third-order valence-corrected chi connectivity index (χ3v) is 11.3. The summed E-state index contributed by atoms with van der Waals surface area (Å²) in [7, 11) is -5.25. The SMILES string of the molecule is O=C(c1ccc(-c2ccc(OCC3CCN(CC4(S(=O)(=O)C(F)(F)F)CCC4)CC3)cc2F)cc1F)N1CCCC(O)C1. The minimum absolute atomic E-state index is 0.0119. The number of β-amino-alcohol motifs (C(OH)–C–C–N with tert-alkyl or cyclic N) is 1. The van der Waals surface area contributed by atoms with Gasteiger partial charge in [-0.25, -0.2) is 17.2 Å². The van der Waals surface area contributed by atoms with Gasteiger partial charge in [0.15, 0.2) is 0 Å². The summed E-state index contributed by atoms with van der Waals surface area (Å²) in [5, 5.41) is 9.82. The van der Waals surface area contributed by atoms with Crippen LogP contribution in [-0.2, 0) is 9.84 Å². The molecule has 1 amide bonds. The molecule has 236 valence electrons. The molecule has 1 aliphatic carbocycles. The molecule has 2 aliphatic heterocycles. The lowest BCUT2D eigenvalue weighted by atomic mass is 9.83. The second kappa shape index (κ2) is 12.3. The molecule has 43 heavy (non-hydrogen) atoms. The van der Waals surface area contributed by atoms with Gasteiger partial charge < -0.3 is 19.6 Å². The van der Waals surface area contributed by atoms with Crippen LogP contribution in [0.25, 0.3) is 11.1 Å². The molecule has 1 unspecified atom stereocenters. The number of amides is 1. The van der Waals surface area contributed by atoms with Crippen molar-refractivity contribution >= 4 is 15.7 Å². The molecule has 0 bridgehead atoms. The number of carbonyl (C=O) groups is 1. The van der Waals surface area contributed by atoms with Gasteiger partial charge in [0.2, 0.25) is 0 Å². The monoisotopic (exact) mass is 630 g/mol. The van der Waals surface area contributed by atoms with Gasteiger partial charge in [-0.3, -0.25) is 4.79 Å². The first-order valence-electron chi connectivity index (χ1n) is 14.5. The van der Waals surface area contributed by atoms with Gasteiger partial charge in [-0.1, -0.05) is 12.5 Å². The van der Waals surface area contributed by atoms with E-state index >= 15 is 4.39 Å². The van der Waals surface area contributed by atoms with Crippen molar-refractivity contribution < 1.29 is 45.0 Å². The van der Waals surface area contributed by atoms with Crippen LogP contribution in [0, 0.1) is 17.6 Å². The fourth-order valence-corrected chi connectivity index (χ4v) is 7.92. The molecule has 2 saturated heterocycles. The molecule has 0 spiro atoms. The number of likely N-dealkylation sites (tertiary alicyclic amines) is 2. The Morgan fingerprint density at radius 1 is 0.977 bits per heavy atom. The number of benzene rings is 2. The van der Waals surface area contributed by atoms with Gasteiger partial charge in [0.25, 0.3) is 15.7 Å². The molecule has 2 aromatic rings. The number of halogens is 5. The number of nitrogens with zero attached hydrogens (tertiary/aromatic N) is 2. The van der Waals surface area contributed by atoms with Gasteiger partial charge in [-0.15, -0.1) is 0 Å². The molecule has 13 heteroatoms. The Kier molecular flexibility index (Phi) is 9.06. The molecule has 0 aromatic heterocycles. The molecule has 2 heterocycles. The Labute approximate surface area is 247 Å². The van der Waals surface area contributed by atoms with Crippen molar-refractivity contribution in [1.82, 2.24) is 9.80 Å². The van der Waals surface area contributed by atoms with Crippen LogP contribution in [0.5, 0.6) is 5.75 Å². The van der Waals surface area contributed by atoms with Crippen LogP contribution in [0.15, 0.2) is 36.4 Å². The van der Waals surface area contributed by atoms with Gasteiger partial charge in [0, 0.05) is 31.3 Å². The summed E-state index contributed by atoms with van der Waals surface area (Å²) < 4.78 is 98.0. The van der Waals surface area contributed by atoms with E-state index in [1.165, 1.54) is 29.2 Å². The van der Waals surface area contributed by atoms with Crippen LogP contribution in [0.4, 0.5) is 22.0 Å². The van der Waals surface area contributed by atoms with E-state index in [4.69, 9.17) is 4.74 Å². The number of hydrogen-bond acceptors (Lipinski definition) is 6. The number of ether oxygens (including phenoxy) is 1. The second-order valence-electron chi connectivity index (χ2n) is 11.9. The lowest BCUT2D eigenvalue weighted by molar-refractivity contribution is -0.0484. The van der Waals surface area contributed by atoms with Gasteiger partial charge in [0.1, 0.15) is 17.4 Å². The van der Waals surface area contributed by atoms with Crippen molar-refractivity contribution in [3.05, 3.63) is 53.6 Å². The molecule has 5 rings (SSSR count). The molecular formula is C30H35F5N2O5S. The zero-order valence-corrected chi connectivity index (χ0v) is 24.4. The van der Waals surface area contributed by atoms with Crippen molar-refractivity contribution in [1.29, 1.82) is 0 Å². The van der Waals surface area contributed by atoms with E-state index in [0.29, 0.717) is 51.7 Å². The number of carbonyl (C=O) groups excluding carboxylic acids is 1. The smallest absolute Gasteiger partial charge is 0.493 e. The summed E-state index contributed by atoms with van der Waals surface area (Å²) >= 11 is 0. The van der Waals surface area contributed by atoms with Crippen LogP contribution in [-0.4, -0.2) is 84.9 Å². The summed E-state index contributed by atoms with van der Waals surface area (Å²) in [5.74, 6) is -1.61. The molecule has 2 aromatic carbocycles. The van der Waals surface area contributed by atoms with Crippen LogP contribution in [0.3, 0.4) is 0 Å². The zero-order chi connectivity index (χ0) is 31.0. The highest BCUT2D eigenvalue weighted by molar-refractivity contribution is 7.93. The fourth-order valence-electron chi connectivity index (χ4n) is 6.25. The average Bonchev–Trinajstić information content (AvgIpc) is 2.93. The van der Waals surface area contributed by atoms with Crippen LogP contribution >= 0.6 is 0 Å². The van der Waals surface area contributed by atoms with Crippen molar-refractivity contribution in [3.63, 3.8) is 0 Å². The van der Waals surface area contributed by atoms with E-state index in [1.54, 1.807) is 11.0 Å². The van der Waals surface area contributed by atoms with Gasteiger partial charge in [-0.2, -0.15) is 13.2 Å². The summed E-state index contributed by atoms with van der Waals surface area (Å²) in [5.41, 5.74) is -5.03. The lowest BCUT2D eigenvalue weighted by Crippen LogP contribution is -2.58.